The Labute approximate surface area is 195 Å². The molecule has 7 nitrogen and oxygen atoms in total. The third-order valence-electron chi connectivity index (χ3n) is 5.11. The number of rotatable bonds is 6. The van der Waals surface area contributed by atoms with Gasteiger partial charge in [-0.05, 0) is 43.5 Å². The molecular weight excluding hydrogens is 505 g/mol. The van der Waals surface area contributed by atoms with Gasteiger partial charge in [0.05, 0.1) is 6.10 Å². The molecule has 0 aromatic heterocycles. The summed E-state index contributed by atoms with van der Waals surface area (Å²) in [6.45, 7) is 3.50. The minimum atomic E-state index is -0.0209. The largest absolute Gasteiger partial charge is 0.376 e. The molecular formula is C20H31ClIN5O2. The van der Waals surface area contributed by atoms with Crippen LogP contribution in [-0.2, 0) is 9.53 Å². The molecule has 0 bridgehead atoms. The number of nitrogens with zero attached hydrogens (tertiary/aromatic N) is 3. The van der Waals surface area contributed by atoms with Gasteiger partial charge in [0, 0.05) is 57.1 Å². The number of amides is 1. The van der Waals surface area contributed by atoms with Gasteiger partial charge in [0.2, 0.25) is 5.91 Å². The average molecular weight is 536 g/mol. The van der Waals surface area contributed by atoms with E-state index in [2.05, 4.69) is 20.5 Å². The van der Waals surface area contributed by atoms with Crippen LogP contribution >= 0.6 is 35.6 Å². The first-order valence-electron chi connectivity index (χ1n) is 9.88. The van der Waals surface area contributed by atoms with E-state index >= 15 is 0 Å². The summed E-state index contributed by atoms with van der Waals surface area (Å²) >= 11 is 5.99. The van der Waals surface area contributed by atoms with Crippen molar-refractivity contribution in [3.63, 3.8) is 0 Å². The molecule has 0 saturated carbocycles. The maximum atomic E-state index is 11.9. The molecule has 0 aliphatic carbocycles. The van der Waals surface area contributed by atoms with Crippen molar-refractivity contribution in [1.29, 1.82) is 0 Å². The van der Waals surface area contributed by atoms with E-state index < -0.39 is 0 Å². The molecule has 2 N–H and O–H groups in total. The number of hydrogen-bond donors (Lipinski definition) is 2. The summed E-state index contributed by atoms with van der Waals surface area (Å²) in [6, 6.07) is 8.19. The van der Waals surface area contributed by atoms with Gasteiger partial charge in [0.1, 0.15) is 6.54 Å². The highest BCUT2D eigenvalue weighted by Crippen LogP contribution is 2.22. The number of ether oxygens (including phenoxy) is 1. The minimum Gasteiger partial charge on any atom is -0.376 e. The maximum absolute atomic E-state index is 11.9. The number of halogens is 2. The molecule has 2 fully saturated rings. The summed E-state index contributed by atoms with van der Waals surface area (Å²) < 4.78 is 5.68. The van der Waals surface area contributed by atoms with Gasteiger partial charge in [0.25, 0.3) is 0 Å². The topological polar surface area (TPSA) is 69.2 Å². The van der Waals surface area contributed by atoms with Crippen molar-refractivity contribution < 1.29 is 9.53 Å². The predicted octanol–water partition coefficient (Wildman–Crippen LogP) is 2.34. The molecule has 9 heteroatoms. The van der Waals surface area contributed by atoms with Crippen molar-refractivity contribution in [3.05, 3.63) is 29.3 Å². The first kappa shape index (κ1) is 24.0. The Morgan fingerprint density at radius 1 is 1.31 bits per heavy atom. The van der Waals surface area contributed by atoms with Crippen molar-refractivity contribution in [1.82, 2.24) is 15.5 Å². The predicted molar refractivity (Wildman–Crippen MR) is 129 cm³/mol. The van der Waals surface area contributed by atoms with E-state index in [1.807, 2.05) is 24.3 Å². The van der Waals surface area contributed by atoms with Crippen molar-refractivity contribution >= 4 is 53.1 Å². The molecule has 2 unspecified atom stereocenters. The summed E-state index contributed by atoms with van der Waals surface area (Å²) in [7, 11) is 3.48. The normalized spacial score (nSPS) is 21.6. The number of nitrogens with one attached hydrogen (secondary N) is 2. The highest BCUT2D eigenvalue weighted by molar-refractivity contribution is 14.0. The van der Waals surface area contributed by atoms with E-state index in [4.69, 9.17) is 16.3 Å². The zero-order chi connectivity index (χ0) is 19.9. The number of benzene rings is 1. The monoisotopic (exact) mass is 535 g/mol. The number of carbonyl (C=O) groups excluding carboxylic acids is 1. The van der Waals surface area contributed by atoms with E-state index in [1.54, 1.807) is 19.0 Å². The molecule has 2 saturated heterocycles. The van der Waals surface area contributed by atoms with Gasteiger partial charge in [0.15, 0.2) is 5.96 Å². The van der Waals surface area contributed by atoms with Gasteiger partial charge in [-0.25, -0.2) is 4.99 Å². The third-order valence-corrected chi connectivity index (χ3v) is 5.37. The lowest BCUT2D eigenvalue weighted by atomic mass is 10.2. The smallest absolute Gasteiger partial charge is 0.243 e. The van der Waals surface area contributed by atoms with Gasteiger partial charge >= 0.3 is 0 Å². The number of aliphatic imine (C=N–C) groups is 1. The lowest BCUT2D eigenvalue weighted by molar-refractivity contribution is -0.127. The molecule has 2 atom stereocenters. The average Bonchev–Trinajstić information content (AvgIpc) is 3.36. The second kappa shape index (κ2) is 11.8. The summed E-state index contributed by atoms with van der Waals surface area (Å²) in [5.41, 5.74) is 1.17. The van der Waals surface area contributed by atoms with E-state index in [9.17, 15) is 4.79 Å². The fourth-order valence-corrected chi connectivity index (χ4v) is 3.54. The molecule has 162 valence electrons. The SMILES string of the molecule is CN(C)C(=O)CN=C(NCC1CCCO1)NC1CCN(c2ccc(Cl)cc2)C1.I. The summed E-state index contributed by atoms with van der Waals surface area (Å²) in [5.74, 6) is 0.654. The van der Waals surface area contributed by atoms with Gasteiger partial charge in [-0.15, -0.1) is 24.0 Å². The zero-order valence-corrected chi connectivity index (χ0v) is 20.2. The van der Waals surface area contributed by atoms with Crippen LogP contribution in [0.25, 0.3) is 0 Å². The van der Waals surface area contributed by atoms with Crippen LogP contribution in [0.5, 0.6) is 0 Å². The maximum Gasteiger partial charge on any atom is 0.243 e. The number of hydrogen-bond acceptors (Lipinski definition) is 4. The standard InChI is InChI=1S/C20H30ClN5O2.HI/c1-25(2)19(27)13-23-20(22-12-18-4-3-11-28-18)24-16-9-10-26(14-16)17-7-5-15(21)6-8-17;/h5-8,16,18H,3-4,9-14H2,1-2H3,(H2,22,23,24);1H. The molecule has 1 amide bonds. The van der Waals surface area contributed by atoms with Crippen LogP contribution in [0.3, 0.4) is 0 Å². The van der Waals surface area contributed by atoms with Crippen LogP contribution in [0.1, 0.15) is 19.3 Å². The molecule has 0 radical (unpaired) electrons. The third kappa shape index (κ3) is 7.49. The highest BCUT2D eigenvalue weighted by atomic mass is 127. The quantitative estimate of drug-likeness (QED) is 0.333. The second-order valence-corrected chi connectivity index (χ2v) is 7.96. The lowest BCUT2D eigenvalue weighted by Crippen LogP contribution is -2.47. The van der Waals surface area contributed by atoms with Crippen LogP contribution in [0.2, 0.25) is 5.02 Å². The zero-order valence-electron chi connectivity index (χ0n) is 17.1. The molecule has 2 heterocycles. The van der Waals surface area contributed by atoms with E-state index in [-0.39, 0.29) is 48.6 Å². The summed E-state index contributed by atoms with van der Waals surface area (Å²) in [6.07, 6.45) is 3.38. The van der Waals surface area contributed by atoms with Gasteiger partial charge in [-0.3, -0.25) is 4.79 Å². The molecule has 2 aliphatic rings. The fraction of sp³-hybridized carbons (Fsp3) is 0.600. The van der Waals surface area contributed by atoms with Crippen LogP contribution in [0.4, 0.5) is 5.69 Å². The molecule has 2 aliphatic heterocycles. The van der Waals surface area contributed by atoms with Crippen molar-refractivity contribution in [3.8, 4) is 0 Å². The van der Waals surface area contributed by atoms with Crippen LogP contribution in [0, 0.1) is 0 Å². The highest BCUT2D eigenvalue weighted by Gasteiger charge is 2.24. The van der Waals surface area contributed by atoms with E-state index in [0.717, 1.165) is 44.0 Å². The molecule has 1 aromatic carbocycles. The van der Waals surface area contributed by atoms with Crippen LogP contribution in [0.15, 0.2) is 29.3 Å². The fourth-order valence-electron chi connectivity index (χ4n) is 3.41. The molecule has 1 aromatic rings. The van der Waals surface area contributed by atoms with Crippen LogP contribution < -0.4 is 15.5 Å². The van der Waals surface area contributed by atoms with Crippen LogP contribution in [-0.4, -0.2) is 75.8 Å². The molecule has 3 rings (SSSR count). The summed E-state index contributed by atoms with van der Waals surface area (Å²) in [4.78, 5) is 20.3. The van der Waals surface area contributed by atoms with Crippen molar-refractivity contribution in [2.75, 3.05) is 51.8 Å². The Balaban J connectivity index is 0.00000300. The van der Waals surface area contributed by atoms with Gasteiger partial charge in [-0.2, -0.15) is 0 Å². The lowest BCUT2D eigenvalue weighted by Gasteiger charge is -2.21. The Hall–Kier alpha value is -1.26. The first-order valence-corrected chi connectivity index (χ1v) is 10.3. The Bertz CT molecular complexity index is 680. The Morgan fingerprint density at radius 3 is 2.72 bits per heavy atom. The number of carbonyl (C=O) groups is 1. The van der Waals surface area contributed by atoms with Crippen molar-refractivity contribution in [2.45, 2.75) is 31.4 Å². The Morgan fingerprint density at radius 2 is 2.07 bits per heavy atom. The molecule has 29 heavy (non-hydrogen) atoms. The van der Waals surface area contributed by atoms with Crippen molar-refractivity contribution in [2.24, 2.45) is 4.99 Å². The number of likely N-dealkylation sites (N-methyl/N-ethyl adjacent to an activating group) is 1. The van der Waals surface area contributed by atoms with Gasteiger partial charge in [-0.1, -0.05) is 11.6 Å². The number of guanidine groups is 1. The second-order valence-electron chi connectivity index (χ2n) is 7.52. The van der Waals surface area contributed by atoms with Gasteiger partial charge < -0.3 is 25.2 Å². The van der Waals surface area contributed by atoms with E-state index in [1.165, 1.54) is 5.69 Å². The minimum absolute atomic E-state index is 0. The summed E-state index contributed by atoms with van der Waals surface area (Å²) in [5, 5.41) is 7.59. The van der Waals surface area contributed by atoms with E-state index in [0.29, 0.717) is 12.5 Å². The molecule has 0 spiro atoms. The number of anilines is 1. The Kier molecular flexibility index (Phi) is 9.78. The first-order chi connectivity index (χ1) is 13.5.